The van der Waals surface area contributed by atoms with E-state index in [1.165, 1.54) is 6.07 Å². The summed E-state index contributed by atoms with van der Waals surface area (Å²) in [6, 6.07) is 7.62. The molecule has 48 heavy (non-hydrogen) atoms. The first-order chi connectivity index (χ1) is 22.4. The van der Waals surface area contributed by atoms with Gasteiger partial charge in [0.1, 0.15) is 17.9 Å². The first kappa shape index (κ1) is 33.2. The normalized spacial score (nSPS) is 21.1. The van der Waals surface area contributed by atoms with Crippen LogP contribution in [-0.4, -0.2) is 92.9 Å². The number of aromatic nitrogens is 2. The molecule has 1 saturated heterocycles. The number of imide groups is 1. The number of likely N-dealkylation sites (N-methyl/N-ethyl adjacent to an activating group) is 1. The maximum absolute atomic E-state index is 14.4. The van der Waals surface area contributed by atoms with Crippen LogP contribution in [0.3, 0.4) is 0 Å². The molecule has 4 amide bonds. The van der Waals surface area contributed by atoms with E-state index < -0.39 is 85.0 Å². The predicted octanol–water partition coefficient (Wildman–Crippen LogP) is 4.34. The molecule has 254 valence electrons. The van der Waals surface area contributed by atoms with Crippen molar-refractivity contribution in [3.63, 3.8) is 0 Å². The van der Waals surface area contributed by atoms with Gasteiger partial charge in [-0.3, -0.25) is 24.0 Å². The fraction of sp³-hybridized carbons (Fsp3) is 0.406. The Morgan fingerprint density at radius 3 is 2.33 bits per heavy atom. The van der Waals surface area contributed by atoms with Crippen LogP contribution in [0.1, 0.15) is 40.7 Å². The highest BCUT2D eigenvalue weighted by Crippen LogP contribution is 2.57. The summed E-state index contributed by atoms with van der Waals surface area (Å²) in [4.78, 5) is 56.4. The van der Waals surface area contributed by atoms with Crippen LogP contribution in [-0.2, 0) is 28.2 Å². The number of hydrogen-bond donors (Lipinski definition) is 1. The fourth-order valence-electron chi connectivity index (χ4n) is 6.59. The van der Waals surface area contributed by atoms with E-state index in [1.807, 2.05) is 19.0 Å². The summed E-state index contributed by atoms with van der Waals surface area (Å²) >= 11 is 0. The molecule has 0 radical (unpaired) electrons. The highest BCUT2D eigenvalue weighted by Gasteiger charge is 2.73. The molecule has 0 bridgehead atoms. The largest absolute Gasteiger partial charge is 0.412 e. The molecule has 1 aromatic heterocycles. The van der Waals surface area contributed by atoms with Crippen molar-refractivity contribution < 1.29 is 45.5 Å². The molecule has 10 nitrogen and oxygen atoms in total. The summed E-state index contributed by atoms with van der Waals surface area (Å²) in [5, 5.41) is 6.78. The topological polar surface area (TPSA) is 108 Å². The molecule has 1 spiro atoms. The van der Waals surface area contributed by atoms with Gasteiger partial charge in [-0.1, -0.05) is 24.3 Å². The highest BCUT2D eigenvalue weighted by molar-refractivity contribution is 6.17. The number of nitrogens with one attached hydrogen (secondary N) is 1. The fourth-order valence-corrected chi connectivity index (χ4v) is 6.59. The Balaban J connectivity index is 1.27. The van der Waals surface area contributed by atoms with Crippen LogP contribution in [0.4, 0.5) is 31.1 Å². The van der Waals surface area contributed by atoms with E-state index in [4.69, 9.17) is 0 Å². The Morgan fingerprint density at radius 2 is 1.71 bits per heavy atom. The lowest BCUT2D eigenvalue weighted by molar-refractivity contribution is -0.307. The number of nitrogens with zero attached hydrogens (tertiary/aromatic N) is 5. The molecule has 0 unspecified atom stereocenters. The average molecular weight is 677 g/mol. The average Bonchev–Trinajstić information content (AvgIpc) is 3.65. The van der Waals surface area contributed by atoms with E-state index in [0.29, 0.717) is 22.6 Å². The van der Waals surface area contributed by atoms with Crippen LogP contribution < -0.4 is 5.32 Å². The van der Waals surface area contributed by atoms with Crippen LogP contribution in [0, 0.1) is 5.82 Å². The second-order valence-electron chi connectivity index (χ2n) is 12.7. The summed E-state index contributed by atoms with van der Waals surface area (Å²) in [5.74, 6) is -7.40. The van der Waals surface area contributed by atoms with Gasteiger partial charge in [-0.2, -0.15) is 18.3 Å². The molecule has 3 aliphatic rings. The van der Waals surface area contributed by atoms with Gasteiger partial charge in [0.25, 0.3) is 11.8 Å². The van der Waals surface area contributed by atoms with Crippen LogP contribution in [0.2, 0.25) is 0 Å². The van der Waals surface area contributed by atoms with E-state index in [0.717, 1.165) is 30.8 Å². The molecule has 1 atom stereocenters. The molecular formula is C32H30F6N6O4. The standard InChI is InChI=1S/C32H30F6N6O4/c1-41(2)9-10-42-15-21(13-39-42)20-5-8-24-23(11-20)25(45)12-31(24)27(47)43(28(48)40-31)16-26(46)44(14-19-3-6-22(33)7-4-19)29(32(36,37)38)17-30(34,35)18-29/h3-8,11,13,15H,9-10,12,14,16-18H2,1-2H3,(H,40,48)/t31-/m0/s1. The maximum Gasteiger partial charge on any atom is 0.412 e. The summed E-state index contributed by atoms with van der Waals surface area (Å²) in [6.07, 6.45) is -5.84. The van der Waals surface area contributed by atoms with Crippen LogP contribution in [0.15, 0.2) is 54.9 Å². The minimum absolute atomic E-state index is 0.00613. The number of carbonyl (C=O) groups excluding carboxylic acids is 4. The SMILES string of the molecule is CN(C)CCn1cc(-c2ccc3c(c2)C(=O)C[C@]32NC(=O)N(CC(=O)N(Cc3ccc(F)cc3)C3(C(F)(F)F)CC(F)(F)C3)C2=O)cn1. The summed E-state index contributed by atoms with van der Waals surface area (Å²) in [6.45, 7) is -0.715. The van der Waals surface area contributed by atoms with Gasteiger partial charge in [0.2, 0.25) is 5.91 Å². The van der Waals surface area contributed by atoms with Crippen LogP contribution in [0.25, 0.3) is 11.1 Å². The van der Waals surface area contributed by atoms with Gasteiger partial charge in [0, 0.05) is 49.7 Å². The number of urea groups is 1. The molecule has 2 aliphatic carbocycles. The van der Waals surface area contributed by atoms with Crippen molar-refractivity contribution in [3.8, 4) is 11.1 Å². The van der Waals surface area contributed by atoms with Gasteiger partial charge >= 0.3 is 12.2 Å². The van der Waals surface area contributed by atoms with Crippen molar-refractivity contribution in [3.05, 3.63) is 77.4 Å². The summed E-state index contributed by atoms with van der Waals surface area (Å²) < 4.78 is 86.6. The quantitative estimate of drug-likeness (QED) is 0.267. The minimum Gasteiger partial charge on any atom is -0.322 e. The molecule has 6 rings (SSSR count). The summed E-state index contributed by atoms with van der Waals surface area (Å²) in [5.41, 5.74) is -3.60. The zero-order valence-corrected chi connectivity index (χ0v) is 25.8. The van der Waals surface area contributed by atoms with Gasteiger partial charge in [-0.25, -0.2) is 18.0 Å². The van der Waals surface area contributed by atoms with Gasteiger partial charge in [-0.05, 0) is 49.0 Å². The predicted molar refractivity (Wildman–Crippen MR) is 157 cm³/mol. The van der Waals surface area contributed by atoms with E-state index >= 15 is 0 Å². The minimum atomic E-state index is -5.31. The molecule has 2 fully saturated rings. The van der Waals surface area contributed by atoms with Crippen molar-refractivity contribution in [1.29, 1.82) is 0 Å². The molecule has 16 heteroatoms. The smallest absolute Gasteiger partial charge is 0.322 e. The van der Waals surface area contributed by atoms with Crippen molar-refractivity contribution >= 4 is 23.6 Å². The number of benzene rings is 2. The third-order valence-electron chi connectivity index (χ3n) is 9.12. The number of alkyl halides is 5. The summed E-state index contributed by atoms with van der Waals surface area (Å²) in [7, 11) is 3.84. The lowest BCUT2D eigenvalue weighted by atomic mass is 9.71. The molecule has 2 aromatic carbocycles. The lowest BCUT2D eigenvalue weighted by Gasteiger charge is -2.54. The van der Waals surface area contributed by atoms with E-state index in [-0.39, 0.29) is 21.6 Å². The molecule has 3 aromatic rings. The highest BCUT2D eigenvalue weighted by atomic mass is 19.4. The maximum atomic E-state index is 14.4. The Bertz CT molecular complexity index is 1800. The lowest BCUT2D eigenvalue weighted by Crippen LogP contribution is -2.71. The van der Waals surface area contributed by atoms with Gasteiger partial charge in [0.05, 0.1) is 12.7 Å². The zero-order chi connectivity index (χ0) is 34.8. The number of carbonyl (C=O) groups is 4. The number of hydrogen-bond acceptors (Lipinski definition) is 6. The first-order valence-electron chi connectivity index (χ1n) is 14.9. The van der Waals surface area contributed by atoms with Crippen molar-refractivity contribution in [2.75, 3.05) is 27.2 Å². The van der Waals surface area contributed by atoms with Gasteiger partial charge in [-0.15, -0.1) is 0 Å². The van der Waals surface area contributed by atoms with Crippen LogP contribution >= 0.6 is 0 Å². The van der Waals surface area contributed by atoms with Crippen molar-refractivity contribution in [2.24, 2.45) is 0 Å². The van der Waals surface area contributed by atoms with E-state index in [9.17, 15) is 45.5 Å². The number of ketones is 1. The monoisotopic (exact) mass is 676 g/mol. The van der Waals surface area contributed by atoms with Gasteiger partial charge in [0.15, 0.2) is 11.3 Å². The van der Waals surface area contributed by atoms with Crippen LogP contribution in [0.5, 0.6) is 0 Å². The molecular weight excluding hydrogens is 646 g/mol. The number of fused-ring (bicyclic) bond motifs is 2. The zero-order valence-electron chi connectivity index (χ0n) is 25.8. The number of Topliss-reactive ketones (excluding diaryl/α,β-unsaturated/α-hetero) is 1. The Morgan fingerprint density at radius 1 is 1.02 bits per heavy atom. The Hall–Kier alpha value is -4.73. The second kappa shape index (κ2) is 11.5. The molecule has 2 heterocycles. The third-order valence-corrected chi connectivity index (χ3v) is 9.12. The van der Waals surface area contributed by atoms with Crippen molar-refractivity contribution in [2.45, 2.75) is 55.5 Å². The number of amides is 4. The van der Waals surface area contributed by atoms with Gasteiger partial charge < -0.3 is 15.1 Å². The third kappa shape index (κ3) is 5.61. The molecule has 1 N–H and O–H groups in total. The Labute approximate surface area is 270 Å². The van der Waals surface area contributed by atoms with E-state index in [1.54, 1.807) is 29.2 Å². The molecule has 1 saturated carbocycles. The number of rotatable bonds is 9. The second-order valence-corrected chi connectivity index (χ2v) is 12.7. The first-order valence-corrected chi connectivity index (χ1v) is 14.9. The van der Waals surface area contributed by atoms with Crippen molar-refractivity contribution in [1.82, 2.24) is 29.8 Å². The Kier molecular flexibility index (Phi) is 7.92. The van der Waals surface area contributed by atoms with E-state index in [2.05, 4.69) is 10.4 Å². The molecule has 1 aliphatic heterocycles. The number of halogens is 6.